The Labute approximate surface area is 215 Å². The van der Waals surface area contributed by atoms with E-state index in [1.807, 2.05) is 49.6 Å². The number of aromatic nitrogens is 5. The number of pyridine rings is 2. The van der Waals surface area contributed by atoms with Crippen molar-refractivity contribution >= 4 is 29.3 Å². The van der Waals surface area contributed by atoms with Gasteiger partial charge in [0.2, 0.25) is 11.9 Å². The van der Waals surface area contributed by atoms with Gasteiger partial charge in [-0.2, -0.15) is 15.0 Å². The molecule has 0 unspecified atom stereocenters. The Morgan fingerprint density at radius 3 is 2.41 bits per heavy atom. The van der Waals surface area contributed by atoms with Crippen LogP contribution in [0.15, 0.2) is 73.2 Å². The summed E-state index contributed by atoms with van der Waals surface area (Å²) < 4.78 is 0. The van der Waals surface area contributed by atoms with Crippen molar-refractivity contribution in [1.29, 1.82) is 0 Å². The molecule has 1 aliphatic rings. The van der Waals surface area contributed by atoms with E-state index in [-0.39, 0.29) is 5.91 Å². The zero-order valence-electron chi connectivity index (χ0n) is 20.7. The van der Waals surface area contributed by atoms with E-state index >= 15 is 0 Å². The number of hydrogen-bond acceptors (Lipinski definition) is 9. The van der Waals surface area contributed by atoms with Crippen LogP contribution < -0.4 is 15.5 Å². The second-order valence-corrected chi connectivity index (χ2v) is 8.72. The minimum Gasteiger partial charge on any atom is -0.338 e. The van der Waals surface area contributed by atoms with Crippen molar-refractivity contribution in [2.75, 3.05) is 41.7 Å². The Balaban J connectivity index is 1.22. The first-order chi connectivity index (χ1) is 18.2. The van der Waals surface area contributed by atoms with Crippen LogP contribution in [-0.2, 0) is 13.0 Å². The van der Waals surface area contributed by atoms with Gasteiger partial charge in [0, 0.05) is 63.4 Å². The zero-order valence-corrected chi connectivity index (χ0v) is 20.7. The van der Waals surface area contributed by atoms with Crippen LogP contribution in [0.5, 0.6) is 0 Å². The van der Waals surface area contributed by atoms with Crippen molar-refractivity contribution in [2.24, 2.45) is 0 Å². The lowest BCUT2D eigenvalue weighted by Crippen LogP contribution is -2.46. The van der Waals surface area contributed by atoms with Gasteiger partial charge in [0.1, 0.15) is 11.6 Å². The molecule has 37 heavy (non-hydrogen) atoms. The molecule has 4 aromatic rings. The second-order valence-electron chi connectivity index (χ2n) is 8.72. The molecule has 4 heterocycles. The van der Waals surface area contributed by atoms with Crippen molar-refractivity contribution in [3.63, 3.8) is 0 Å². The summed E-state index contributed by atoms with van der Waals surface area (Å²) in [4.78, 5) is 39.5. The van der Waals surface area contributed by atoms with Gasteiger partial charge in [-0.15, -0.1) is 0 Å². The summed E-state index contributed by atoms with van der Waals surface area (Å²) in [6.07, 6.45) is 5.89. The van der Waals surface area contributed by atoms with Gasteiger partial charge in [0.25, 0.3) is 5.91 Å². The molecule has 1 saturated heterocycles. The lowest BCUT2D eigenvalue weighted by Gasteiger charge is -2.34. The Bertz CT molecular complexity index is 1310. The highest BCUT2D eigenvalue weighted by atomic mass is 16.1. The minimum atomic E-state index is -0.218. The summed E-state index contributed by atoms with van der Waals surface area (Å²) in [5.41, 5.74) is 2.46. The fraction of sp³-hybridized carbons (Fsp3) is 0.259. The van der Waals surface area contributed by atoms with Crippen LogP contribution in [0.3, 0.4) is 0 Å². The molecule has 10 heteroatoms. The number of rotatable bonds is 8. The quantitative estimate of drug-likeness (QED) is 0.379. The van der Waals surface area contributed by atoms with Gasteiger partial charge in [-0.25, -0.2) is 4.98 Å². The van der Waals surface area contributed by atoms with Crippen LogP contribution >= 0.6 is 0 Å². The smallest absolute Gasteiger partial charge is 0.257 e. The topological polar surface area (TPSA) is 112 Å². The third-order valence-corrected chi connectivity index (χ3v) is 6.09. The maximum absolute atomic E-state index is 12.5. The SMILES string of the molecule is CCc1nc(Nc2ccc(C(=O)Nc3ccccc3)cn2)nc(N2CCN(Cc3ccncc3)CC2)n1. The number of carbonyl (C=O) groups excluding carboxylic acids is 1. The number of para-hydroxylation sites is 1. The first-order valence-corrected chi connectivity index (χ1v) is 12.4. The van der Waals surface area contributed by atoms with Gasteiger partial charge in [-0.3, -0.25) is 14.7 Å². The summed E-state index contributed by atoms with van der Waals surface area (Å²) in [5.74, 6) is 2.15. The molecule has 188 valence electrons. The second kappa shape index (κ2) is 11.5. The monoisotopic (exact) mass is 495 g/mol. The molecule has 1 aromatic carbocycles. The average molecular weight is 496 g/mol. The van der Waals surface area contributed by atoms with E-state index in [4.69, 9.17) is 0 Å². The summed E-state index contributed by atoms with van der Waals surface area (Å²) >= 11 is 0. The van der Waals surface area contributed by atoms with Crippen molar-refractivity contribution in [3.05, 3.63) is 90.1 Å². The number of amides is 1. The van der Waals surface area contributed by atoms with E-state index in [1.165, 1.54) is 11.8 Å². The number of nitrogens with one attached hydrogen (secondary N) is 2. The van der Waals surface area contributed by atoms with Gasteiger partial charge in [0.15, 0.2) is 0 Å². The maximum atomic E-state index is 12.5. The van der Waals surface area contributed by atoms with Gasteiger partial charge >= 0.3 is 0 Å². The number of nitrogens with zero attached hydrogens (tertiary/aromatic N) is 7. The van der Waals surface area contributed by atoms with Gasteiger partial charge < -0.3 is 15.5 Å². The Kier molecular flexibility index (Phi) is 7.56. The summed E-state index contributed by atoms with van der Waals surface area (Å²) in [6.45, 7) is 6.44. The van der Waals surface area contributed by atoms with Crippen molar-refractivity contribution in [2.45, 2.75) is 19.9 Å². The molecule has 0 saturated carbocycles. The average Bonchev–Trinajstić information content (AvgIpc) is 2.95. The zero-order chi connectivity index (χ0) is 25.5. The molecule has 10 nitrogen and oxygen atoms in total. The Morgan fingerprint density at radius 1 is 0.919 bits per heavy atom. The number of anilines is 4. The first kappa shape index (κ1) is 24.3. The summed E-state index contributed by atoms with van der Waals surface area (Å²) in [6, 6.07) is 16.9. The number of aryl methyl sites for hydroxylation is 1. The Morgan fingerprint density at radius 2 is 1.70 bits per heavy atom. The van der Waals surface area contributed by atoms with E-state index in [0.29, 0.717) is 35.5 Å². The molecule has 3 aromatic heterocycles. The molecule has 1 fully saturated rings. The van der Waals surface area contributed by atoms with Crippen LogP contribution in [0, 0.1) is 0 Å². The fourth-order valence-electron chi connectivity index (χ4n) is 4.06. The summed E-state index contributed by atoms with van der Waals surface area (Å²) in [5, 5.41) is 6.03. The van der Waals surface area contributed by atoms with Crippen molar-refractivity contribution in [1.82, 2.24) is 29.8 Å². The molecule has 0 aliphatic carbocycles. The van der Waals surface area contributed by atoms with Crippen LogP contribution in [0.25, 0.3) is 0 Å². The molecule has 0 atom stereocenters. The van der Waals surface area contributed by atoms with Crippen LogP contribution in [0.2, 0.25) is 0 Å². The number of piperazine rings is 1. The molecule has 5 rings (SSSR count). The number of benzene rings is 1. The van der Waals surface area contributed by atoms with E-state index in [9.17, 15) is 4.79 Å². The molecule has 2 N–H and O–H groups in total. The molecule has 1 amide bonds. The van der Waals surface area contributed by atoms with E-state index in [0.717, 1.165) is 38.4 Å². The van der Waals surface area contributed by atoms with E-state index in [1.54, 1.807) is 12.1 Å². The summed E-state index contributed by atoms with van der Waals surface area (Å²) in [7, 11) is 0. The minimum absolute atomic E-state index is 0.218. The Hall–Kier alpha value is -4.44. The molecular formula is C27H29N9O. The predicted molar refractivity (Wildman–Crippen MR) is 143 cm³/mol. The van der Waals surface area contributed by atoms with Crippen LogP contribution in [0.4, 0.5) is 23.4 Å². The number of hydrogen-bond donors (Lipinski definition) is 2. The molecule has 0 spiro atoms. The molecule has 0 bridgehead atoms. The lowest BCUT2D eigenvalue weighted by molar-refractivity contribution is 0.102. The predicted octanol–water partition coefficient (Wildman–Crippen LogP) is 3.54. The molecule has 0 radical (unpaired) electrons. The third kappa shape index (κ3) is 6.42. The van der Waals surface area contributed by atoms with Crippen molar-refractivity contribution < 1.29 is 4.79 Å². The van der Waals surface area contributed by atoms with Gasteiger partial charge in [0.05, 0.1) is 5.56 Å². The first-order valence-electron chi connectivity index (χ1n) is 12.4. The van der Waals surface area contributed by atoms with Gasteiger partial charge in [-0.05, 0) is 42.0 Å². The van der Waals surface area contributed by atoms with E-state index in [2.05, 4.69) is 57.5 Å². The van der Waals surface area contributed by atoms with Gasteiger partial charge in [-0.1, -0.05) is 25.1 Å². The largest absolute Gasteiger partial charge is 0.338 e. The highest BCUT2D eigenvalue weighted by Gasteiger charge is 2.20. The normalized spacial score (nSPS) is 13.8. The lowest BCUT2D eigenvalue weighted by atomic mass is 10.2. The fourth-order valence-corrected chi connectivity index (χ4v) is 4.06. The molecular weight excluding hydrogens is 466 g/mol. The van der Waals surface area contributed by atoms with E-state index < -0.39 is 0 Å². The van der Waals surface area contributed by atoms with Crippen molar-refractivity contribution in [3.8, 4) is 0 Å². The van der Waals surface area contributed by atoms with Crippen LogP contribution in [0.1, 0.15) is 28.7 Å². The molecule has 1 aliphatic heterocycles. The highest BCUT2D eigenvalue weighted by Crippen LogP contribution is 2.18. The third-order valence-electron chi connectivity index (χ3n) is 6.09. The standard InChI is InChI=1S/C27H29N9O/c1-2-23-31-26(32-24-9-8-21(18-29-24)25(37)30-22-6-4-3-5-7-22)34-27(33-23)36-16-14-35(15-17-36)19-20-10-12-28-13-11-20/h3-13,18H,2,14-17,19H2,1H3,(H,30,37)(H,29,31,32,33,34). The van der Waals surface area contributed by atoms with Crippen LogP contribution in [-0.4, -0.2) is 61.9 Å². The maximum Gasteiger partial charge on any atom is 0.257 e. The highest BCUT2D eigenvalue weighted by molar-refractivity contribution is 6.04. The number of carbonyl (C=O) groups is 1.